The van der Waals surface area contributed by atoms with Gasteiger partial charge < -0.3 is 4.74 Å². The molecule has 0 bridgehead atoms. The van der Waals surface area contributed by atoms with Gasteiger partial charge in [-0.15, -0.1) is 6.58 Å². The Morgan fingerprint density at radius 3 is 2.81 bits per heavy atom. The molecular formula is C27H32N2O2. The van der Waals surface area contributed by atoms with E-state index in [0.29, 0.717) is 17.5 Å². The van der Waals surface area contributed by atoms with E-state index in [9.17, 15) is 0 Å². The van der Waals surface area contributed by atoms with Gasteiger partial charge in [-0.25, -0.2) is 0 Å². The average Bonchev–Trinajstić information content (AvgIpc) is 3.01. The van der Waals surface area contributed by atoms with Gasteiger partial charge in [0.05, 0.1) is 18.2 Å². The second-order valence-electron chi connectivity index (χ2n) is 9.81. The maximum absolute atomic E-state index is 6.56. The number of rotatable bonds is 5. The molecule has 2 aromatic carbocycles. The van der Waals surface area contributed by atoms with Gasteiger partial charge in [-0.3, -0.25) is 15.2 Å². The maximum Gasteiger partial charge on any atom is 0.119 e. The standard InChI is InChI=1S/C27H32N2O2/c1-4-18-16-26-17-24(29(26)14-13-21(18)26)25-27(5-2,19-9-7-6-8-10-19)22-15-20(30-3)11-12-23(22)28-31-25/h4,6-12,15,18,21,24-25,28H,1,5,13-14,16-17H2,2-3H3/t18?,21?,24?,25-,26?,27?/m0/s1. The van der Waals surface area contributed by atoms with Crippen LogP contribution in [-0.2, 0) is 10.3 Å². The van der Waals surface area contributed by atoms with Gasteiger partial charge >= 0.3 is 0 Å². The summed E-state index contributed by atoms with van der Waals surface area (Å²) in [6.45, 7) is 7.57. The lowest BCUT2D eigenvalue weighted by Gasteiger charge is -2.68. The Kier molecular flexibility index (Phi) is 4.28. The highest BCUT2D eigenvalue weighted by Gasteiger charge is 2.70. The average molecular weight is 417 g/mol. The van der Waals surface area contributed by atoms with Crippen LogP contribution in [0.3, 0.4) is 0 Å². The fourth-order valence-corrected chi connectivity index (χ4v) is 7.53. The van der Waals surface area contributed by atoms with Crippen LogP contribution in [-0.4, -0.2) is 36.2 Å². The lowest BCUT2D eigenvalue weighted by Crippen LogP contribution is -2.76. The van der Waals surface area contributed by atoms with Gasteiger partial charge in [0, 0.05) is 11.6 Å². The summed E-state index contributed by atoms with van der Waals surface area (Å²) in [6, 6.07) is 17.7. The summed E-state index contributed by atoms with van der Waals surface area (Å²) in [6.07, 6.45) is 7.00. The summed E-state index contributed by atoms with van der Waals surface area (Å²) in [5, 5.41) is 0. The van der Waals surface area contributed by atoms with E-state index in [1.165, 1.54) is 36.9 Å². The lowest BCUT2D eigenvalue weighted by molar-refractivity contribution is -0.184. The van der Waals surface area contributed by atoms with Gasteiger partial charge in [-0.2, -0.15) is 0 Å². The number of hydrogen-bond donors (Lipinski definition) is 1. The van der Waals surface area contributed by atoms with Crippen LogP contribution in [0, 0.1) is 11.8 Å². The Morgan fingerprint density at radius 2 is 2.06 bits per heavy atom. The highest BCUT2D eigenvalue weighted by Crippen LogP contribution is 2.65. The molecule has 3 heterocycles. The Labute approximate surface area is 185 Å². The molecule has 3 aliphatic heterocycles. The van der Waals surface area contributed by atoms with Crippen molar-refractivity contribution in [1.29, 1.82) is 0 Å². The molecule has 1 N–H and O–H groups in total. The third-order valence-electron chi connectivity index (χ3n) is 9.00. The van der Waals surface area contributed by atoms with Crippen molar-refractivity contribution in [1.82, 2.24) is 4.90 Å². The number of nitrogens with zero attached hydrogens (tertiary/aromatic N) is 1. The summed E-state index contributed by atoms with van der Waals surface area (Å²) in [7, 11) is 1.74. The second-order valence-corrected chi connectivity index (χ2v) is 9.81. The Hall–Kier alpha value is -2.30. The number of ether oxygens (including phenoxy) is 1. The molecule has 0 amide bonds. The summed E-state index contributed by atoms with van der Waals surface area (Å²) in [4.78, 5) is 9.34. The molecule has 2 saturated heterocycles. The molecule has 4 aliphatic rings. The minimum absolute atomic E-state index is 0.0478. The molecule has 3 fully saturated rings. The number of hydrogen-bond acceptors (Lipinski definition) is 4. The molecule has 4 nitrogen and oxygen atoms in total. The van der Waals surface area contributed by atoms with Crippen LogP contribution in [0.2, 0.25) is 0 Å². The number of allylic oxidation sites excluding steroid dienone is 1. The van der Waals surface area contributed by atoms with E-state index in [1.807, 2.05) is 6.07 Å². The van der Waals surface area contributed by atoms with Crippen LogP contribution in [0.15, 0.2) is 61.2 Å². The third kappa shape index (κ3) is 2.38. The normalized spacial score (nSPS) is 38.0. The first-order chi connectivity index (χ1) is 15.2. The number of methoxy groups -OCH3 is 1. The summed E-state index contributed by atoms with van der Waals surface area (Å²) < 4.78 is 5.63. The van der Waals surface area contributed by atoms with Crippen LogP contribution in [0.5, 0.6) is 5.75 Å². The monoisotopic (exact) mass is 416 g/mol. The molecule has 1 saturated carbocycles. The number of nitrogens with one attached hydrogen (secondary N) is 1. The first-order valence-electron chi connectivity index (χ1n) is 11.7. The van der Waals surface area contributed by atoms with Crippen molar-refractivity contribution in [2.75, 3.05) is 19.1 Å². The maximum atomic E-state index is 6.56. The van der Waals surface area contributed by atoms with E-state index >= 15 is 0 Å². The van der Waals surface area contributed by atoms with Crippen LogP contribution < -0.4 is 10.2 Å². The number of fused-ring (bicyclic) bond motifs is 1. The van der Waals surface area contributed by atoms with E-state index < -0.39 is 0 Å². The molecule has 31 heavy (non-hydrogen) atoms. The van der Waals surface area contributed by atoms with Crippen molar-refractivity contribution in [2.24, 2.45) is 11.8 Å². The molecule has 0 aromatic heterocycles. The largest absolute Gasteiger partial charge is 0.497 e. The van der Waals surface area contributed by atoms with Crippen molar-refractivity contribution in [3.8, 4) is 5.75 Å². The SMILES string of the molecule is C=CC1CC23CC([C@@H]4ONc5ccc(OC)cc5C4(CC)c4ccccc4)N2CCC13. The zero-order chi connectivity index (χ0) is 21.2. The van der Waals surface area contributed by atoms with Crippen LogP contribution >= 0.6 is 0 Å². The van der Waals surface area contributed by atoms with Gasteiger partial charge in [0.25, 0.3) is 0 Å². The van der Waals surface area contributed by atoms with E-state index in [2.05, 4.69) is 72.4 Å². The van der Waals surface area contributed by atoms with Crippen molar-refractivity contribution in [2.45, 2.75) is 55.7 Å². The number of benzene rings is 2. The van der Waals surface area contributed by atoms with Gasteiger partial charge in [0.2, 0.25) is 0 Å². The topological polar surface area (TPSA) is 33.7 Å². The summed E-state index contributed by atoms with van der Waals surface area (Å²) in [5.74, 6) is 2.39. The molecule has 6 rings (SSSR count). The van der Waals surface area contributed by atoms with E-state index in [4.69, 9.17) is 9.57 Å². The van der Waals surface area contributed by atoms with Gasteiger partial charge in [-0.05, 0) is 73.4 Å². The molecule has 5 unspecified atom stereocenters. The van der Waals surface area contributed by atoms with Gasteiger partial charge in [0.1, 0.15) is 11.9 Å². The zero-order valence-corrected chi connectivity index (χ0v) is 18.5. The molecule has 1 aliphatic carbocycles. The minimum atomic E-state index is -0.220. The van der Waals surface area contributed by atoms with Gasteiger partial charge in [0.15, 0.2) is 0 Å². The molecule has 0 radical (unpaired) electrons. The Bertz CT molecular complexity index is 1010. The minimum Gasteiger partial charge on any atom is -0.497 e. The predicted octanol–water partition coefficient (Wildman–Crippen LogP) is 5.16. The smallest absolute Gasteiger partial charge is 0.119 e. The fourth-order valence-electron chi connectivity index (χ4n) is 7.53. The summed E-state index contributed by atoms with van der Waals surface area (Å²) in [5.41, 5.74) is 7.15. The molecule has 1 spiro atoms. The molecule has 162 valence electrons. The van der Waals surface area contributed by atoms with Crippen molar-refractivity contribution in [3.63, 3.8) is 0 Å². The highest BCUT2D eigenvalue weighted by molar-refractivity contribution is 5.62. The molecule has 4 heteroatoms. The van der Waals surface area contributed by atoms with E-state index in [0.717, 1.165) is 23.8 Å². The molecule has 6 atom stereocenters. The molecule has 2 aromatic rings. The van der Waals surface area contributed by atoms with Gasteiger partial charge in [-0.1, -0.05) is 43.3 Å². The van der Waals surface area contributed by atoms with Crippen LogP contribution in [0.25, 0.3) is 0 Å². The zero-order valence-electron chi connectivity index (χ0n) is 18.5. The second kappa shape index (κ2) is 6.85. The van der Waals surface area contributed by atoms with Crippen LogP contribution in [0.4, 0.5) is 5.69 Å². The predicted molar refractivity (Wildman–Crippen MR) is 123 cm³/mol. The van der Waals surface area contributed by atoms with Crippen molar-refractivity contribution in [3.05, 3.63) is 72.3 Å². The third-order valence-corrected chi connectivity index (χ3v) is 9.00. The Morgan fingerprint density at radius 1 is 1.23 bits per heavy atom. The molecular weight excluding hydrogens is 384 g/mol. The quantitative estimate of drug-likeness (QED) is 0.683. The lowest BCUT2D eigenvalue weighted by atomic mass is 9.51. The van der Waals surface area contributed by atoms with Crippen LogP contribution in [0.1, 0.15) is 43.7 Å². The fraction of sp³-hybridized carbons (Fsp3) is 0.481. The van der Waals surface area contributed by atoms with E-state index in [1.54, 1.807) is 7.11 Å². The summed E-state index contributed by atoms with van der Waals surface area (Å²) >= 11 is 0. The van der Waals surface area contributed by atoms with Crippen molar-refractivity contribution >= 4 is 5.69 Å². The first-order valence-corrected chi connectivity index (χ1v) is 11.7. The highest BCUT2D eigenvalue weighted by atomic mass is 16.7. The van der Waals surface area contributed by atoms with E-state index in [-0.39, 0.29) is 11.5 Å². The Balaban J connectivity index is 1.44. The number of anilines is 1. The van der Waals surface area contributed by atoms with Crippen molar-refractivity contribution < 1.29 is 9.57 Å². The first kappa shape index (κ1) is 19.4.